The molecular weight excluding hydrogens is 318 g/mol. The number of hydrogen-bond donors (Lipinski definition) is 1. The molecule has 0 spiro atoms. The standard InChI is InChI=1S/C13H15F4N5O/c1-7-8(5-21(2)19-7)4-18-11(23)6-22-10(13(16)17)3-9(20-22)12(14)15/h3,5,12-13H,4,6H2,1-2H3,(H,18,23). The van der Waals surface area contributed by atoms with Gasteiger partial charge in [0, 0.05) is 25.4 Å². The molecule has 0 aromatic carbocycles. The minimum atomic E-state index is -3.00. The molecular formula is C13H15F4N5O. The highest BCUT2D eigenvalue weighted by Gasteiger charge is 2.22. The summed E-state index contributed by atoms with van der Waals surface area (Å²) in [5.41, 5.74) is -0.00646. The van der Waals surface area contributed by atoms with Gasteiger partial charge in [-0.05, 0) is 13.0 Å². The van der Waals surface area contributed by atoms with Crippen LogP contribution in [0, 0.1) is 6.92 Å². The molecule has 1 N–H and O–H groups in total. The Morgan fingerprint density at radius 2 is 1.96 bits per heavy atom. The van der Waals surface area contributed by atoms with E-state index in [1.54, 1.807) is 24.9 Å². The first-order valence-corrected chi connectivity index (χ1v) is 6.67. The lowest BCUT2D eigenvalue weighted by Crippen LogP contribution is -2.28. The zero-order valence-electron chi connectivity index (χ0n) is 12.4. The Bertz CT molecular complexity index is 695. The van der Waals surface area contributed by atoms with Gasteiger partial charge in [0.25, 0.3) is 12.9 Å². The lowest BCUT2D eigenvalue weighted by atomic mass is 10.2. The number of nitrogens with zero attached hydrogens (tertiary/aromatic N) is 4. The van der Waals surface area contributed by atoms with Gasteiger partial charge >= 0.3 is 0 Å². The normalized spacial score (nSPS) is 11.5. The van der Waals surface area contributed by atoms with Crippen molar-refractivity contribution >= 4 is 5.91 Å². The predicted molar refractivity (Wildman–Crippen MR) is 71.9 cm³/mol. The van der Waals surface area contributed by atoms with Crippen molar-refractivity contribution in [2.24, 2.45) is 7.05 Å². The number of halogens is 4. The smallest absolute Gasteiger partial charge is 0.282 e. The van der Waals surface area contributed by atoms with Crippen LogP contribution in [0.15, 0.2) is 12.3 Å². The van der Waals surface area contributed by atoms with E-state index < -0.39 is 36.7 Å². The third kappa shape index (κ3) is 4.08. The summed E-state index contributed by atoms with van der Waals surface area (Å²) in [6.45, 7) is 1.36. The minimum absolute atomic E-state index is 0.158. The zero-order chi connectivity index (χ0) is 17.1. The molecule has 6 nitrogen and oxygen atoms in total. The topological polar surface area (TPSA) is 64.7 Å². The molecule has 2 heterocycles. The van der Waals surface area contributed by atoms with Gasteiger partial charge in [-0.15, -0.1) is 0 Å². The van der Waals surface area contributed by atoms with E-state index in [-0.39, 0.29) is 6.54 Å². The van der Waals surface area contributed by atoms with Gasteiger partial charge in [0.05, 0.1) is 5.69 Å². The monoisotopic (exact) mass is 333 g/mol. The molecule has 0 saturated carbocycles. The van der Waals surface area contributed by atoms with Crippen molar-refractivity contribution in [1.29, 1.82) is 0 Å². The van der Waals surface area contributed by atoms with Crippen molar-refractivity contribution in [2.45, 2.75) is 32.9 Å². The molecule has 23 heavy (non-hydrogen) atoms. The largest absolute Gasteiger partial charge is 0.350 e. The van der Waals surface area contributed by atoms with Crippen LogP contribution in [0.25, 0.3) is 0 Å². The number of rotatable bonds is 6. The fourth-order valence-electron chi connectivity index (χ4n) is 2.07. The van der Waals surface area contributed by atoms with Crippen molar-refractivity contribution in [3.05, 3.63) is 34.9 Å². The van der Waals surface area contributed by atoms with Gasteiger partial charge in [0.2, 0.25) is 5.91 Å². The van der Waals surface area contributed by atoms with Crippen LogP contribution in [0.5, 0.6) is 0 Å². The van der Waals surface area contributed by atoms with Crippen LogP contribution in [0.3, 0.4) is 0 Å². The number of amides is 1. The van der Waals surface area contributed by atoms with Crippen molar-refractivity contribution in [3.8, 4) is 0 Å². The van der Waals surface area contributed by atoms with Crippen LogP contribution in [-0.4, -0.2) is 25.5 Å². The maximum Gasteiger partial charge on any atom is 0.282 e. The van der Waals surface area contributed by atoms with Gasteiger partial charge < -0.3 is 5.32 Å². The zero-order valence-corrected chi connectivity index (χ0v) is 12.4. The maximum atomic E-state index is 12.8. The van der Waals surface area contributed by atoms with Crippen LogP contribution in [0.2, 0.25) is 0 Å². The van der Waals surface area contributed by atoms with Gasteiger partial charge in [-0.3, -0.25) is 14.2 Å². The van der Waals surface area contributed by atoms with Crippen molar-refractivity contribution < 1.29 is 22.4 Å². The number of carbonyl (C=O) groups excluding carboxylic acids is 1. The quantitative estimate of drug-likeness (QED) is 0.824. The molecule has 0 bridgehead atoms. The van der Waals surface area contributed by atoms with Crippen LogP contribution >= 0.6 is 0 Å². The predicted octanol–water partition coefficient (Wildman–Crippen LogP) is 2.12. The highest BCUT2D eigenvalue weighted by Crippen LogP contribution is 2.24. The number of aryl methyl sites for hydroxylation is 2. The molecule has 0 aliphatic carbocycles. The van der Waals surface area contributed by atoms with E-state index in [4.69, 9.17) is 0 Å². The molecule has 0 saturated heterocycles. The van der Waals surface area contributed by atoms with E-state index in [0.29, 0.717) is 10.7 Å². The first-order chi connectivity index (χ1) is 10.8. The summed E-state index contributed by atoms with van der Waals surface area (Å²) in [6.07, 6.45) is -4.26. The summed E-state index contributed by atoms with van der Waals surface area (Å²) in [4.78, 5) is 11.8. The number of hydrogen-bond acceptors (Lipinski definition) is 3. The molecule has 126 valence electrons. The molecule has 0 aliphatic heterocycles. The Morgan fingerprint density at radius 1 is 1.26 bits per heavy atom. The summed E-state index contributed by atoms with van der Waals surface area (Å²) in [5.74, 6) is -0.612. The number of aromatic nitrogens is 4. The summed E-state index contributed by atoms with van der Waals surface area (Å²) in [5, 5.41) is 9.98. The first-order valence-electron chi connectivity index (χ1n) is 6.67. The molecule has 0 radical (unpaired) electrons. The molecule has 0 aliphatic rings. The summed E-state index contributed by atoms with van der Waals surface area (Å²) in [6, 6.07) is 0.605. The fraction of sp³-hybridized carbons (Fsp3) is 0.462. The summed E-state index contributed by atoms with van der Waals surface area (Å²) in [7, 11) is 1.73. The minimum Gasteiger partial charge on any atom is -0.350 e. The summed E-state index contributed by atoms with van der Waals surface area (Å²) < 4.78 is 52.9. The van der Waals surface area contributed by atoms with Crippen LogP contribution in [0.4, 0.5) is 17.6 Å². The SMILES string of the molecule is Cc1nn(C)cc1CNC(=O)Cn1nc(C(F)F)cc1C(F)F. The summed E-state index contributed by atoms with van der Waals surface area (Å²) >= 11 is 0. The van der Waals surface area contributed by atoms with Crippen molar-refractivity contribution in [3.63, 3.8) is 0 Å². The Kier molecular flexibility index (Phi) is 5.02. The fourth-order valence-corrected chi connectivity index (χ4v) is 2.07. The van der Waals surface area contributed by atoms with Gasteiger partial charge in [-0.25, -0.2) is 17.6 Å². The number of alkyl halides is 4. The third-order valence-corrected chi connectivity index (χ3v) is 3.16. The van der Waals surface area contributed by atoms with E-state index in [2.05, 4.69) is 15.5 Å². The number of carbonyl (C=O) groups is 1. The van der Waals surface area contributed by atoms with E-state index in [9.17, 15) is 22.4 Å². The first kappa shape index (κ1) is 17.0. The molecule has 1 amide bonds. The van der Waals surface area contributed by atoms with Crippen LogP contribution in [0.1, 0.15) is 35.5 Å². The molecule has 2 rings (SSSR count). The molecule has 2 aromatic heterocycles. The van der Waals surface area contributed by atoms with Gasteiger partial charge in [-0.2, -0.15) is 10.2 Å². The second-order valence-electron chi connectivity index (χ2n) is 4.94. The second kappa shape index (κ2) is 6.80. The third-order valence-electron chi connectivity index (χ3n) is 3.16. The number of nitrogens with one attached hydrogen (secondary N) is 1. The molecule has 0 atom stereocenters. The second-order valence-corrected chi connectivity index (χ2v) is 4.94. The average Bonchev–Trinajstić information content (AvgIpc) is 3.00. The van der Waals surface area contributed by atoms with Gasteiger partial charge in [-0.1, -0.05) is 0 Å². The Morgan fingerprint density at radius 3 is 2.48 bits per heavy atom. The van der Waals surface area contributed by atoms with Crippen LogP contribution in [-0.2, 0) is 24.9 Å². The average molecular weight is 333 g/mol. The van der Waals surface area contributed by atoms with E-state index in [0.717, 1.165) is 11.3 Å². The molecule has 2 aromatic rings. The molecule has 0 fully saturated rings. The Labute approximate surface area is 129 Å². The van der Waals surface area contributed by atoms with Gasteiger partial charge in [0.1, 0.15) is 17.9 Å². The lowest BCUT2D eigenvalue weighted by Gasteiger charge is -2.07. The van der Waals surface area contributed by atoms with Crippen molar-refractivity contribution in [2.75, 3.05) is 0 Å². The Balaban J connectivity index is 2.03. The highest BCUT2D eigenvalue weighted by molar-refractivity contribution is 5.75. The lowest BCUT2D eigenvalue weighted by molar-refractivity contribution is -0.122. The molecule has 10 heteroatoms. The Hall–Kier alpha value is -2.39. The maximum absolute atomic E-state index is 12.8. The van der Waals surface area contributed by atoms with E-state index in [1.807, 2.05) is 0 Å². The molecule has 0 unspecified atom stereocenters. The van der Waals surface area contributed by atoms with Gasteiger partial charge in [0.15, 0.2) is 0 Å². The highest BCUT2D eigenvalue weighted by atomic mass is 19.3. The van der Waals surface area contributed by atoms with Crippen molar-refractivity contribution in [1.82, 2.24) is 24.9 Å². The van der Waals surface area contributed by atoms with Crippen LogP contribution < -0.4 is 5.32 Å². The van der Waals surface area contributed by atoms with E-state index in [1.165, 1.54) is 0 Å². The van der Waals surface area contributed by atoms with E-state index >= 15 is 0 Å².